The van der Waals surface area contributed by atoms with Crippen LogP contribution in [-0.2, 0) is 9.59 Å². The van der Waals surface area contributed by atoms with E-state index in [0.717, 1.165) is 18.4 Å². The molecule has 5 nitrogen and oxygen atoms in total. The number of thioether (sulfide) groups is 1. The number of halogens is 1. The zero-order valence-corrected chi connectivity index (χ0v) is 17.0. The van der Waals surface area contributed by atoms with Crippen molar-refractivity contribution in [1.82, 2.24) is 9.88 Å². The normalized spacial score (nSPS) is 22.6. The van der Waals surface area contributed by atoms with Gasteiger partial charge < -0.3 is 4.42 Å². The molecule has 7 heteroatoms. The maximum Gasteiger partial charge on any atom is 0.186 e. The molecule has 1 aromatic heterocycles. The second-order valence-electron chi connectivity index (χ2n) is 7.58. The second kappa shape index (κ2) is 8.63. The van der Waals surface area contributed by atoms with Crippen molar-refractivity contribution in [2.24, 2.45) is 5.92 Å². The predicted octanol–water partition coefficient (Wildman–Crippen LogP) is 4.27. The van der Waals surface area contributed by atoms with Crippen LogP contribution >= 0.6 is 11.8 Å². The third kappa shape index (κ3) is 4.67. The highest BCUT2D eigenvalue weighted by atomic mass is 32.2. The fourth-order valence-electron chi connectivity index (χ4n) is 3.88. The molecule has 1 aliphatic carbocycles. The van der Waals surface area contributed by atoms with Crippen LogP contribution in [0.15, 0.2) is 46.8 Å². The molecule has 29 heavy (non-hydrogen) atoms. The topological polar surface area (TPSA) is 63.4 Å². The number of rotatable bonds is 6. The maximum atomic E-state index is 14.6. The standard InChI is InChI=1S/C22H23FN2O3S/c1-14(26)29-20-8-9-25(12-16(20)10-17-11-24-13-28-17)21(22(27)15-6-7-15)18-4-2-3-5-19(18)23/h2-5,10-11,13,15,20-21H,6-9,12H2,1H3. The van der Waals surface area contributed by atoms with Crippen LogP contribution in [0.25, 0.3) is 6.08 Å². The quantitative estimate of drug-likeness (QED) is 0.703. The zero-order valence-electron chi connectivity index (χ0n) is 16.2. The minimum Gasteiger partial charge on any atom is -0.444 e. The lowest BCUT2D eigenvalue weighted by molar-refractivity contribution is -0.126. The van der Waals surface area contributed by atoms with E-state index in [4.69, 9.17) is 4.42 Å². The number of nitrogens with zero attached hydrogens (tertiary/aromatic N) is 2. The van der Waals surface area contributed by atoms with Crippen molar-refractivity contribution in [2.45, 2.75) is 37.5 Å². The van der Waals surface area contributed by atoms with Crippen molar-refractivity contribution >= 4 is 28.7 Å². The molecule has 2 atom stereocenters. The Balaban J connectivity index is 1.66. The first kappa shape index (κ1) is 20.0. The molecule has 2 aromatic rings. The molecule has 2 heterocycles. The van der Waals surface area contributed by atoms with Gasteiger partial charge in [-0.05, 0) is 37.0 Å². The van der Waals surface area contributed by atoms with Gasteiger partial charge in [-0.15, -0.1) is 0 Å². The third-order valence-corrected chi connectivity index (χ3v) is 6.53. The number of hydrogen-bond donors (Lipinski definition) is 0. The summed E-state index contributed by atoms with van der Waals surface area (Å²) in [5.41, 5.74) is 1.42. The first-order valence-corrected chi connectivity index (χ1v) is 10.7. The van der Waals surface area contributed by atoms with Gasteiger partial charge in [-0.3, -0.25) is 14.5 Å². The highest BCUT2D eigenvalue weighted by Crippen LogP contribution is 2.40. The van der Waals surface area contributed by atoms with Crippen molar-refractivity contribution in [2.75, 3.05) is 13.1 Å². The fourth-order valence-corrected chi connectivity index (χ4v) is 4.79. The number of likely N-dealkylation sites (tertiary alicyclic amines) is 1. The average molecular weight is 415 g/mol. The van der Waals surface area contributed by atoms with Gasteiger partial charge in [-0.1, -0.05) is 30.0 Å². The number of piperidine rings is 1. The Morgan fingerprint density at radius 2 is 2.10 bits per heavy atom. The van der Waals surface area contributed by atoms with E-state index in [2.05, 4.69) is 4.98 Å². The third-order valence-electron chi connectivity index (χ3n) is 5.38. The highest BCUT2D eigenvalue weighted by Gasteiger charge is 2.41. The lowest BCUT2D eigenvalue weighted by Crippen LogP contribution is -2.43. The molecule has 1 aliphatic heterocycles. The molecule has 0 bridgehead atoms. The van der Waals surface area contributed by atoms with Crippen LogP contribution < -0.4 is 0 Å². The summed E-state index contributed by atoms with van der Waals surface area (Å²) in [5.74, 6) is 0.358. The summed E-state index contributed by atoms with van der Waals surface area (Å²) in [7, 11) is 0. The molecule has 1 aromatic carbocycles. The van der Waals surface area contributed by atoms with Crippen LogP contribution in [-0.4, -0.2) is 39.1 Å². The molecule has 0 radical (unpaired) electrons. The van der Waals surface area contributed by atoms with E-state index < -0.39 is 6.04 Å². The van der Waals surface area contributed by atoms with Gasteiger partial charge in [0, 0.05) is 36.7 Å². The fraction of sp³-hybridized carbons (Fsp3) is 0.409. The summed E-state index contributed by atoms with van der Waals surface area (Å²) >= 11 is 1.29. The van der Waals surface area contributed by atoms with Crippen LogP contribution in [0.4, 0.5) is 4.39 Å². The monoisotopic (exact) mass is 414 g/mol. The van der Waals surface area contributed by atoms with Gasteiger partial charge in [0.15, 0.2) is 17.3 Å². The molecule has 4 rings (SSSR count). The number of carbonyl (C=O) groups excluding carboxylic acids is 2. The summed E-state index contributed by atoms with van der Waals surface area (Å²) in [6, 6.07) is 5.92. The number of benzene rings is 1. The van der Waals surface area contributed by atoms with Gasteiger partial charge in [-0.2, -0.15) is 0 Å². The Kier molecular flexibility index (Phi) is 5.96. The molecule has 0 spiro atoms. The van der Waals surface area contributed by atoms with E-state index in [1.54, 1.807) is 31.3 Å². The average Bonchev–Trinajstić information content (AvgIpc) is 3.42. The minimum atomic E-state index is -0.606. The number of ketones is 1. The highest BCUT2D eigenvalue weighted by molar-refractivity contribution is 8.14. The maximum absolute atomic E-state index is 14.6. The van der Waals surface area contributed by atoms with Crippen molar-refractivity contribution in [3.63, 3.8) is 0 Å². The molecule has 1 saturated heterocycles. The Hall–Kier alpha value is -2.25. The van der Waals surface area contributed by atoms with Crippen molar-refractivity contribution in [3.05, 3.63) is 59.6 Å². The Labute approximate surface area is 173 Å². The first-order valence-electron chi connectivity index (χ1n) is 9.81. The van der Waals surface area contributed by atoms with Crippen molar-refractivity contribution in [3.8, 4) is 0 Å². The van der Waals surface area contributed by atoms with E-state index in [1.165, 1.54) is 24.2 Å². The van der Waals surface area contributed by atoms with Crippen LogP contribution in [0.2, 0.25) is 0 Å². The van der Waals surface area contributed by atoms with E-state index in [9.17, 15) is 14.0 Å². The van der Waals surface area contributed by atoms with Gasteiger partial charge in [0.05, 0.1) is 12.2 Å². The Bertz CT molecular complexity index is 924. The Morgan fingerprint density at radius 3 is 2.76 bits per heavy atom. The van der Waals surface area contributed by atoms with E-state index in [1.807, 2.05) is 11.0 Å². The van der Waals surface area contributed by atoms with Crippen LogP contribution in [0.3, 0.4) is 0 Å². The van der Waals surface area contributed by atoms with Crippen molar-refractivity contribution in [1.29, 1.82) is 0 Å². The van der Waals surface area contributed by atoms with Gasteiger partial charge >= 0.3 is 0 Å². The van der Waals surface area contributed by atoms with Crippen LogP contribution in [0.1, 0.15) is 43.6 Å². The molecule has 0 amide bonds. The van der Waals surface area contributed by atoms with E-state index >= 15 is 0 Å². The lowest BCUT2D eigenvalue weighted by Gasteiger charge is -2.38. The van der Waals surface area contributed by atoms with Gasteiger partial charge in [0.25, 0.3) is 0 Å². The van der Waals surface area contributed by atoms with Gasteiger partial charge in [0.1, 0.15) is 11.6 Å². The second-order valence-corrected chi connectivity index (χ2v) is 8.96. The molecule has 2 unspecified atom stereocenters. The number of carbonyl (C=O) groups is 2. The molecule has 152 valence electrons. The summed E-state index contributed by atoms with van der Waals surface area (Å²) in [5, 5.41) is 0.0535. The minimum absolute atomic E-state index is 0.00569. The summed E-state index contributed by atoms with van der Waals surface area (Å²) in [4.78, 5) is 30.8. The van der Waals surface area contributed by atoms with Gasteiger partial charge in [-0.25, -0.2) is 9.37 Å². The summed E-state index contributed by atoms with van der Waals surface area (Å²) in [6.45, 7) is 2.65. The Morgan fingerprint density at radius 1 is 1.31 bits per heavy atom. The van der Waals surface area contributed by atoms with E-state index in [0.29, 0.717) is 30.8 Å². The first-order chi connectivity index (χ1) is 14.0. The van der Waals surface area contributed by atoms with Crippen LogP contribution in [0, 0.1) is 11.7 Å². The van der Waals surface area contributed by atoms with Crippen molar-refractivity contribution < 1.29 is 18.4 Å². The summed E-state index contributed by atoms with van der Waals surface area (Å²) in [6.07, 6.45) is 7.32. The lowest BCUT2D eigenvalue weighted by atomic mass is 9.93. The number of hydrogen-bond acceptors (Lipinski definition) is 6. The number of aromatic nitrogens is 1. The molecular weight excluding hydrogens is 391 g/mol. The predicted molar refractivity (Wildman–Crippen MR) is 110 cm³/mol. The SMILES string of the molecule is CC(=O)SC1CCN(C(C(=O)C2CC2)c2ccccc2F)CC1=Cc1cnco1. The molecule has 2 fully saturated rings. The smallest absolute Gasteiger partial charge is 0.186 e. The molecule has 2 aliphatic rings. The largest absolute Gasteiger partial charge is 0.444 e. The number of Topliss-reactive ketones (excluding diaryl/α,β-unsaturated/α-hetero) is 1. The molecule has 0 N–H and O–H groups in total. The molecular formula is C22H23FN2O3S. The van der Waals surface area contributed by atoms with Crippen LogP contribution in [0.5, 0.6) is 0 Å². The molecule has 1 saturated carbocycles. The zero-order chi connectivity index (χ0) is 20.4. The van der Waals surface area contributed by atoms with E-state index in [-0.39, 0.29) is 27.9 Å². The summed E-state index contributed by atoms with van der Waals surface area (Å²) < 4.78 is 20.0. The van der Waals surface area contributed by atoms with Gasteiger partial charge in [0.2, 0.25) is 0 Å². The number of oxazole rings is 1.